The molecule has 6 fully saturated rings. The number of ether oxygens (including phenoxy) is 1. The van der Waals surface area contributed by atoms with Crippen LogP contribution in [0.2, 0.25) is 0 Å². The van der Waals surface area contributed by atoms with Gasteiger partial charge in [0, 0.05) is 0 Å². The summed E-state index contributed by atoms with van der Waals surface area (Å²) >= 11 is 0. The molecule has 6 aliphatic carbocycles. The first kappa shape index (κ1) is 52.3. The zero-order chi connectivity index (χ0) is 47.4. The molecule has 0 bridgehead atoms. The lowest BCUT2D eigenvalue weighted by Gasteiger charge is -2.47. The molecule has 0 spiro atoms. The van der Waals surface area contributed by atoms with Crippen LogP contribution in [0.5, 0.6) is 0 Å². The summed E-state index contributed by atoms with van der Waals surface area (Å²) in [5, 5.41) is 9.01. The molecule has 15 nitrogen and oxygen atoms in total. The van der Waals surface area contributed by atoms with Crippen LogP contribution in [0.1, 0.15) is 196 Å². The minimum Gasteiger partial charge on any atom is -0.424 e. The maximum atomic E-state index is 12.3. The van der Waals surface area contributed by atoms with Crippen molar-refractivity contribution < 1.29 is 42.6 Å². The zero-order valence-electron chi connectivity index (χ0n) is 40.7. The number of hydrogen-bond donors (Lipinski definition) is 3. The Morgan fingerprint density at radius 3 is 0.879 bits per heavy atom. The molecule has 0 aromatic rings. The van der Waals surface area contributed by atoms with Gasteiger partial charge in [0.2, 0.25) is 12.2 Å². The summed E-state index contributed by atoms with van der Waals surface area (Å²) in [6, 6.07) is 0.165. The van der Waals surface area contributed by atoms with Crippen LogP contribution in [-0.2, 0) is 27.9 Å². The molecule has 3 unspecified atom stereocenters. The first-order valence-electron chi connectivity index (χ1n) is 25.6. The summed E-state index contributed by atoms with van der Waals surface area (Å²) in [6.07, 6.45) is 25.6. The maximum Gasteiger partial charge on any atom is 0.346 e. The van der Waals surface area contributed by atoms with E-state index in [1.165, 1.54) is 0 Å². The van der Waals surface area contributed by atoms with E-state index >= 15 is 0 Å². The fraction of sp³-hybridized carbons (Fsp3) is 0.938. The number of aliphatic imine (C=N–C) groups is 2. The third-order valence-electron chi connectivity index (χ3n) is 18.7. The maximum absolute atomic E-state index is 12.3. The second kappa shape index (κ2) is 21.9. The SMILES string of the molecule is CC(C)(C1CCC(N=C=O)CC1)C1CCC(OP2(O)=NP(O)(OC3CCC(C(C)(C)C4CCC(N=C=O)CC4)CC3)=NP(O)(OC3CCC(C(C)(C)C4CCC(OC#N)CC4)CC3)=N2)CC1. The Morgan fingerprint density at radius 1 is 0.424 bits per heavy atom. The van der Waals surface area contributed by atoms with Crippen LogP contribution in [0.3, 0.4) is 0 Å². The molecule has 66 heavy (non-hydrogen) atoms. The average Bonchev–Trinajstić information content (AvgIpc) is 3.27. The molecule has 0 aromatic carbocycles. The van der Waals surface area contributed by atoms with Crippen molar-refractivity contribution in [3.63, 3.8) is 0 Å². The molecule has 0 saturated heterocycles. The summed E-state index contributed by atoms with van der Waals surface area (Å²) in [7, 11) is -12.4. The van der Waals surface area contributed by atoms with Crippen LogP contribution in [-0.4, -0.2) is 63.3 Å². The highest BCUT2D eigenvalue weighted by Gasteiger charge is 2.47. The van der Waals surface area contributed by atoms with Crippen molar-refractivity contribution in [2.45, 2.75) is 232 Å². The molecule has 6 saturated carbocycles. The van der Waals surface area contributed by atoms with Gasteiger partial charge in [-0.1, -0.05) is 41.5 Å². The molecule has 1 aliphatic heterocycles. The molecular weight excluding hydrogens is 897 g/mol. The Hall–Kier alpha value is -1.50. The van der Waals surface area contributed by atoms with E-state index in [9.17, 15) is 24.3 Å². The summed E-state index contributed by atoms with van der Waals surface area (Å²) in [5.74, 6) is 2.97. The molecular formula is C48H81N6O9P3. The van der Waals surface area contributed by atoms with Crippen LogP contribution in [0.4, 0.5) is 0 Å². The van der Waals surface area contributed by atoms with Gasteiger partial charge in [0.1, 0.15) is 6.10 Å². The van der Waals surface area contributed by atoms with Gasteiger partial charge in [-0.3, -0.25) is 0 Å². The molecule has 3 N–H and O–H groups in total. The molecule has 0 radical (unpaired) electrons. The Balaban J connectivity index is 1.03. The number of nitriles is 1. The van der Waals surface area contributed by atoms with Gasteiger partial charge in [-0.05, 0) is 206 Å². The van der Waals surface area contributed by atoms with E-state index in [0.29, 0.717) is 74.0 Å². The van der Waals surface area contributed by atoms with E-state index < -0.39 is 23.0 Å². The topological polar surface area (TPSA) is 217 Å². The number of hydrogen-bond acceptors (Lipinski definition) is 12. The van der Waals surface area contributed by atoms with Crippen LogP contribution >= 0.6 is 23.0 Å². The monoisotopic (exact) mass is 979 g/mol. The van der Waals surface area contributed by atoms with E-state index in [1.54, 1.807) is 12.2 Å². The van der Waals surface area contributed by atoms with Crippen LogP contribution in [0.15, 0.2) is 23.5 Å². The highest BCUT2D eigenvalue weighted by molar-refractivity contribution is 7.77. The van der Waals surface area contributed by atoms with Gasteiger partial charge < -0.3 is 33.0 Å². The molecule has 1 heterocycles. The van der Waals surface area contributed by atoms with Crippen molar-refractivity contribution >= 4 is 35.1 Å². The Bertz CT molecular complexity index is 1890. The van der Waals surface area contributed by atoms with E-state index in [-0.39, 0.29) is 52.7 Å². The first-order valence-corrected chi connectivity index (χ1v) is 30.3. The number of isocyanates is 2. The molecule has 18 heteroatoms. The lowest BCUT2D eigenvalue weighted by molar-refractivity contribution is 0.00544. The smallest absolute Gasteiger partial charge is 0.346 e. The van der Waals surface area contributed by atoms with E-state index in [2.05, 4.69) is 65.1 Å². The minimum atomic E-state index is -4.14. The third-order valence-corrected chi connectivity index (χ3v) is 26.0. The Kier molecular flexibility index (Phi) is 17.3. The molecule has 3 atom stereocenters. The van der Waals surface area contributed by atoms with E-state index in [0.717, 1.165) is 116 Å². The van der Waals surface area contributed by atoms with Gasteiger partial charge >= 0.3 is 23.0 Å². The van der Waals surface area contributed by atoms with E-state index in [4.69, 9.17) is 23.6 Å². The summed E-state index contributed by atoms with van der Waals surface area (Å²) in [4.78, 5) is 66.7. The van der Waals surface area contributed by atoms with Crippen LogP contribution in [0, 0.1) is 63.3 Å². The molecule has 372 valence electrons. The van der Waals surface area contributed by atoms with Gasteiger partial charge in [-0.15, -0.1) is 13.5 Å². The van der Waals surface area contributed by atoms with Gasteiger partial charge in [-0.2, -0.15) is 5.26 Å². The molecule has 7 rings (SSSR count). The highest BCUT2D eigenvalue weighted by Crippen LogP contribution is 2.77. The lowest BCUT2D eigenvalue weighted by atomic mass is 9.60. The van der Waals surface area contributed by atoms with Crippen LogP contribution < -0.4 is 0 Å². The number of rotatable bonds is 15. The fourth-order valence-electron chi connectivity index (χ4n) is 14.0. The quantitative estimate of drug-likeness (QED) is 0.0610. The summed E-state index contributed by atoms with van der Waals surface area (Å²) in [5.41, 5.74) is 0.266. The summed E-state index contributed by atoms with van der Waals surface area (Å²) < 4.78 is 38.2. The largest absolute Gasteiger partial charge is 0.424 e. The van der Waals surface area contributed by atoms with Crippen molar-refractivity contribution in [2.24, 2.45) is 75.3 Å². The highest BCUT2D eigenvalue weighted by atomic mass is 31.3. The number of carbonyl (C=O) groups excluding carboxylic acids is 2. The van der Waals surface area contributed by atoms with Crippen molar-refractivity contribution in [1.82, 2.24) is 0 Å². The summed E-state index contributed by atoms with van der Waals surface area (Å²) in [6.45, 7) is 14.2. The first-order chi connectivity index (χ1) is 31.3. The Labute approximate surface area is 395 Å². The van der Waals surface area contributed by atoms with Crippen LogP contribution in [0.25, 0.3) is 0 Å². The zero-order valence-corrected chi connectivity index (χ0v) is 43.4. The predicted molar refractivity (Wildman–Crippen MR) is 257 cm³/mol. The fourth-order valence-corrected chi connectivity index (χ4v) is 21.9. The standard InChI is InChI=1S/C48H81N6O9P3/c1-46(2,34-7-19-40(20-8-34)50-32-55)37-13-25-43(26-14-37)61-64(57)52-65(58,62-44-27-15-38(16-28-44)47(3,4)35-9-21-41(22-10-35)51-33-56)54-66(59,53-64)63-45-29-17-39(18-30-45)48(5,6)36-11-23-42(24-12-36)60-31-49/h34-45,57-59H,7-30H2,1-6H3. The molecule has 0 amide bonds. The Morgan fingerprint density at radius 2 is 0.652 bits per heavy atom. The van der Waals surface area contributed by atoms with Crippen molar-refractivity contribution in [3.05, 3.63) is 0 Å². The van der Waals surface area contributed by atoms with Crippen molar-refractivity contribution in [3.8, 4) is 6.26 Å². The van der Waals surface area contributed by atoms with Gasteiger partial charge in [0.15, 0.2) is 0 Å². The number of nitrogens with zero attached hydrogens (tertiary/aromatic N) is 6. The van der Waals surface area contributed by atoms with Gasteiger partial charge in [-0.25, -0.2) is 19.6 Å². The van der Waals surface area contributed by atoms with Crippen molar-refractivity contribution in [2.75, 3.05) is 0 Å². The van der Waals surface area contributed by atoms with Gasteiger partial charge in [0.25, 0.3) is 6.26 Å². The molecule has 7 aliphatic rings. The third kappa shape index (κ3) is 12.7. The normalized spacial score (nSPS) is 41.6. The molecule has 0 aromatic heterocycles. The second-order valence-electron chi connectivity index (χ2n) is 23.1. The lowest BCUT2D eigenvalue weighted by Crippen LogP contribution is -2.38. The predicted octanol–water partition coefficient (Wildman–Crippen LogP) is 13.5. The van der Waals surface area contributed by atoms with E-state index in [1.807, 2.05) is 6.26 Å². The minimum absolute atomic E-state index is 0.0191. The average molecular weight is 979 g/mol. The van der Waals surface area contributed by atoms with Crippen molar-refractivity contribution in [1.29, 1.82) is 5.26 Å². The van der Waals surface area contributed by atoms with Gasteiger partial charge in [0.05, 0.1) is 30.4 Å². The second-order valence-corrected chi connectivity index (χ2v) is 29.0.